The molecule has 1 aromatic carbocycles. The molecular formula is C18H25NO4. The van der Waals surface area contributed by atoms with E-state index >= 15 is 0 Å². The van der Waals surface area contributed by atoms with Crippen LogP contribution in [0.4, 0.5) is 0 Å². The molecule has 1 aliphatic carbocycles. The van der Waals surface area contributed by atoms with Gasteiger partial charge in [-0.25, -0.2) is 0 Å². The van der Waals surface area contributed by atoms with E-state index in [2.05, 4.69) is 5.32 Å². The standard InChI is InChI=1S/C18H25NO4/c1-3-23-17-12-13(4-10-16(17)22-2)5-11-18(21)19-14-6-8-15(20)9-7-14/h4-5,10-12,14-15,20H,3,6-9H2,1-2H3,(H,19,21)/b11-5+. The average molecular weight is 319 g/mol. The summed E-state index contributed by atoms with van der Waals surface area (Å²) >= 11 is 0. The molecule has 0 atom stereocenters. The van der Waals surface area contributed by atoms with Crippen molar-refractivity contribution in [2.45, 2.75) is 44.8 Å². The normalized spacial score (nSPS) is 21.2. The minimum atomic E-state index is -0.213. The van der Waals surface area contributed by atoms with Crippen molar-refractivity contribution in [1.82, 2.24) is 5.32 Å². The van der Waals surface area contributed by atoms with Crippen LogP contribution in [0.25, 0.3) is 6.08 Å². The Hall–Kier alpha value is -2.01. The second-order valence-corrected chi connectivity index (χ2v) is 5.69. The third kappa shape index (κ3) is 5.28. The molecule has 2 rings (SSSR count). The van der Waals surface area contributed by atoms with Crippen LogP contribution in [-0.2, 0) is 4.79 Å². The number of methoxy groups -OCH3 is 1. The third-order valence-corrected chi connectivity index (χ3v) is 3.96. The fourth-order valence-corrected chi connectivity index (χ4v) is 2.71. The van der Waals surface area contributed by atoms with Gasteiger partial charge >= 0.3 is 0 Å². The fraction of sp³-hybridized carbons (Fsp3) is 0.500. The van der Waals surface area contributed by atoms with Crippen molar-refractivity contribution in [2.24, 2.45) is 0 Å². The lowest BCUT2D eigenvalue weighted by molar-refractivity contribution is -0.117. The number of carbonyl (C=O) groups excluding carboxylic acids is 1. The number of amides is 1. The highest BCUT2D eigenvalue weighted by Gasteiger charge is 2.19. The van der Waals surface area contributed by atoms with Crippen LogP contribution in [0.1, 0.15) is 38.2 Å². The van der Waals surface area contributed by atoms with Gasteiger partial charge in [-0.1, -0.05) is 6.07 Å². The molecule has 1 aromatic rings. The summed E-state index contributed by atoms with van der Waals surface area (Å²) in [4.78, 5) is 12.0. The minimum Gasteiger partial charge on any atom is -0.493 e. The fourth-order valence-electron chi connectivity index (χ4n) is 2.71. The zero-order chi connectivity index (χ0) is 16.7. The second kappa shape index (κ2) is 8.58. The topological polar surface area (TPSA) is 67.8 Å². The SMILES string of the molecule is CCOc1cc(/C=C/C(=O)NC2CCC(O)CC2)ccc1OC. The van der Waals surface area contributed by atoms with Gasteiger partial charge in [0.1, 0.15) is 0 Å². The number of rotatable bonds is 6. The predicted molar refractivity (Wildman–Crippen MR) is 89.6 cm³/mol. The Balaban J connectivity index is 1.93. The zero-order valence-electron chi connectivity index (χ0n) is 13.7. The molecule has 0 aromatic heterocycles. The van der Waals surface area contributed by atoms with Crippen LogP contribution in [0.2, 0.25) is 0 Å². The largest absolute Gasteiger partial charge is 0.493 e. The first-order chi connectivity index (χ1) is 11.1. The van der Waals surface area contributed by atoms with Crippen LogP contribution in [0.3, 0.4) is 0 Å². The number of aliphatic hydroxyl groups is 1. The molecule has 0 spiro atoms. The molecule has 0 radical (unpaired) electrons. The van der Waals surface area contributed by atoms with E-state index in [1.54, 1.807) is 13.2 Å². The minimum absolute atomic E-state index is 0.111. The highest BCUT2D eigenvalue weighted by Crippen LogP contribution is 2.28. The summed E-state index contributed by atoms with van der Waals surface area (Å²) in [5, 5.41) is 12.5. The van der Waals surface area contributed by atoms with Crippen molar-refractivity contribution in [3.05, 3.63) is 29.8 Å². The molecule has 126 valence electrons. The highest BCUT2D eigenvalue weighted by atomic mass is 16.5. The Morgan fingerprint density at radius 1 is 1.30 bits per heavy atom. The van der Waals surface area contributed by atoms with Crippen LogP contribution in [-0.4, -0.2) is 36.9 Å². The molecule has 23 heavy (non-hydrogen) atoms. The molecule has 5 heteroatoms. The monoisotopic (exact) mass is 319 g/mol. The second-order valence-electron chi connectivity index (χ2n) is 5.69. The first kappa shape index (κ1) is 17.3. The van der Waals surface area contributed by atoms with Gasteiger partial charge < -0.3 is 19.9 Å². The number of aliphatic hydroxyl groups excluding tert-OH is 1. The highest BCUT2D eigenvalue weighted by molar-refractivity contribution is 5.92. The molecule has 2 N–H and O–H groups in total. The maximum absolute atomic E-state index is 12.0. The smallest absolute Gasteiger partial charge is 0.244 e. The molecule has 0 saturated heterocycles. The van der Waals surface area contributed by atoms with Crippen molar-refractivity contribution in [2.75, 3.05) is 13.7 Å². The van der Waals surface area contributed by atoms with Gasteiger partial charge in [-0.15, -0.1) is 0 Å². The summed E-state index contributed by atoms with van der Waals surface area (Å²) in [6.45, 7) is 2.47. The molecule has 1 fully saturated rings. The molecular weight excluding hydrogens is 294 g/mol. The van der Waals surface area contributed by atoms with Crippen LogP contribution in [0, 0.1) is 0 Å². The van der Waals surface area contributed by atoms with Crippen molar-refractivity contribution in [3.63, 3.8) is 0 Å². The Labute approximate surface area is 137 Å². The lowest BCUT2D eigenvalue weighted by Crippen LogP contribution is -2.37. The van der Waals surface area contributed by atoms with Gasteiger partial charge in [0.2, 0.25) is 5.91 Å². The number of carbonyl (C=O) groups is 1. The van der Waals surface area contributed by atoms with E-state index in [1.807, 2.05) is 25.1 Å². The zero-order valence-corrected chi connectivity index (χ0v) is 13.7. The van der Waals surface area contributed by atoms with Crippen LogP contribution < -0.4 is 14.8 Å². The van der Waals surface area contributed by atoms with E-state index in [0.29, 0.717) is 18.1 Å². The molecule has 5 nitrogen and oxygen atoms in total. The van der Waals surface area contributed by atoms with Gasteiger partial charge in [0, 0.05) is 12.1 Å². The summed E-state index contributed by atoms with van der Waals surface area (Å²) < 4.78 is 10.8. The summed E-state index contributed by atoms with van der Waals surface area (Å²) in [6, 6.07) is 5.71. The maximum atomic E-state index is 12.0. The van der Waals surface area contributed by atoms with Gasteiger partial charge in [-0.2, -0.15) is 0 Å². The van der Waals surface area contributed by atoms with Gasteiger partial charge in [-0.05, 0) is 56.4 Å². The summed E-state index contributed by atoms with van der Waals surface area (Å²) in [5.74, 6) is 1.23. The molecule has 0 heterocycles. The Bertz CT molecular complexity index is 548. The number of nitrogens with one attached hydrogen (secondary N) is 1. The van der Waals surface area contributed by atoms with Crippen molar-refractivity contribution < 1.29 is 19.4 Å². The van der Waals surface area contributed by atoms with Crippen molar-refractivity contribution in [1.29, 1.82) is 0 Å². The first-order valence-corrected chi connectivity index (χ1v) is 8.09. The third-order valence-electron chi connectivity index (χ3n) is 3.96. The molecule has 1 aliphatic rings. The molecule has 1 saturated carbocycles. The molecule has 0 unspecified atom stereocenters. The summed E-state index contributed by atoms with van der Waals surface area (Å²) in [5.41, 5.74) is 0.878. The lowest BCUT2D eigenvalue weighted by Gasteiger charge is -2.25. The molecule has 1 amide bonds. The number of hydrogen-bond donors (Lipinski definition) is 2. The van der Waals surface area contributed by atoms with E-state index in [4.69, 9.17) is 9.47 Å². The van der Waals surface area contributed by atoms with E-state index < -0.39 is 0 Å². The van der Waals surface area contributed by atoms with E-state index in [-0.39, 0.29) is 18.1 Å². The summed E-state index contributed by atoms with van der Waals surface area (Å²) in [6.07, 6.45) is 6.25. The first-order valence-electron chi connectivity index (χ1n) is 8.09. The number of ether oxygens (including phenoxy) is 2. The van der Waals surface area contributed by atoms with E-state index in [0.717, 1.165) is 31.2 Å². The van der Waals surface area contributed by atoms with Crippen LogP contribution >= 0.6 is 0 Å². The van der Waals surface area contributed by atoms with Crippen molar-refractivity contribution in [3.8, 4) is 11.5 Å². The maximum Gasteiger partial charge on any atom is 0.244 e. The lowest BCUT2D eigenvalue weighted by atomic mass is 9.93. The Morgan fingerprint density at radius 2 is 2.04 bits per heavy atom. The molecule has 0 bridgehead atoms. The van der Waals surface area contributed by atoms with Crippen molar-refractivity contribution >= 4 is 12.0 Å². The number of benzene rings is 1. The van der Waals surface area contributed by atoms with Crippen LogP contribution in [0.15, 0.2) is 24.3 Å². The molecule has 0 aliphatic heterocycles. The Morgan fingerprint density at radius 3 is 2.70 bits per heavy atom. The van der Waals surface area contributed by atoms with Gasteiger partial charge in [-0.3, -0.25) is 4.79 Å². The predicted octanol–water partition coefficient (Wildman–Crippen LogP) is 2.53. The average Bonchev–Trinajstić information content (AvgIpc) is 2.56. The van der Waals surface area contributed by atoms with Gasteiger partial charge in [0.05, 0.1) is 19.8 Å². The summed E-state index contributed by atoms with van der Waals surface area (Å²) in [7, 11) is 1.60. The van der Waals surface area contributed by atoms with E-state index in [9.17, 15) is 9.90 Å². The van der Waals surface area contributed by atoms with Crippen LogP contribution in [0.5, 0.6) is 11.5 Å². The van der Waals surface area contributed by atoms with E-state index in [1.165, 1.54) is 6.08 Å². The Kier molecular flexibility index (Phi) is 6.47. The van der Waals surface area contributed by atoms with Gasteiger partial charge in [0.25, 0.3) is 0 Å². The quantitative estimate of drug-likeness (QED) is 0.791. The number of hydrogen-bond acceptors (Lipinski definition) is 4. The van der Waals surface area contributed by atoms with Gasteiger partial charge in [0.15, 0.2) is 11.5 Å².